The first-order valence-corrected chi connectivity index (χ1v) is 7.71. The predicted octanol–water partition coefficient (Wildman–Crippen LogP) is 0.627. The van der Waals surface area contributed by atoms with Crippen molar-refractivity contribution in [3.05, 3.63) is 0 Å². The van der Waals surface area contributed by atoms with Crippen LogP contribution in [0.25, 0.3) is 0 Å². The number of aliphatic imine (C=N–C) groups is 1. The van der Waals surface area contributed by atoms with Crippen molar-refractivity contribution in [2.24, 2.45) is 4.99 Å². The third-order valence-corrected chi connectivity index (χ3v) is 2.90. The summed E-state index contributed by atoms with van der Waals surface area (Å²) in [6, 6.07) is 0. The number of likely N-dealkylation sites (N-methyl/N-ethyl adjacent to an activating group) is 1. The van der Waals surface area contributed by atoms with Gasteiger partial charge in [0.2, 0.25) is 5.91 Å². The molecule has 0 aromatic rings. The third kappa shape index (κ3) is 12.8. The molecule has 8 heteroatoms. The summed E-state index contributed by atoms with van der Waals surface area (Å²) in [5.41, 5.74) is 0. The van der Waals surface area contributed by atoms with Gasteiger partial charge in [-0.05, 0) is 12.7 Å². The van der Waals surface area contributed by atoms with Gasteiger partial charge < -0.3 is 20.3 Å². The predicted molar refractivity (Wildman–Crippen MR) is 97.3 cm³/mol. The van der Waals surface area contributed by atoms with E-state index in [2.05, 4.69) is 21.9 Å². The van der Waals surface area contributed by atoms with Crippen LogP contribution >= 0.6 is 35.7 Å². The van der Waals surface area contributed by atoms with Crippen LogP contribution in [-0.4, -0.2) is 76.2 Å². The number of ether oxygens (including phenoxy) is 1. The summed E-state index contributed by atoms with van der Waals surface area (Å²) in [6.07, 6.45) is 2.96. The average molecular weight is 418 g/mol. The molecule has 0 aliphatic carbocycles. The highest BCUT2D eigenvalue weighted by Crippen LogP contribution is 1.88. The molecule has 0 aliphatic heterocycles. The number of amides is 1. The molecule has 0 saturated carbocycles. The number of methoxy groups -OCH3 is 1. The molecule has 20 heavy (non-hydrogen) atoms. The Morgan fingerprint density at radius 3 is 2.50 bits per heavy atom. The van der Waals surface area contributed by atoms with Crippen molar-refractivity contribution in [1.29, 1.82) is 0 Å². The minimum Gasteiger partial charge on any atom is -0.385 e. The summed E-state index contributed by atoms with van der Waals surface area (Å²) >= 11 is 1.76. The molecule has 0 atom stereocenters. The van der Waals surface area contributed by atoms with Crippen molar-refractivity contribution in [2.45, 2.75) is 6.42 Å². The van der Waals surface area contributed by atoms with Gasteiger partial charge in [-0.25, -0.2) is 4.99 Å². The Kier molecular flexibility index (Phi) is 16.7. The van der Waals surface area contributed by atoms with Gasteiger partial charge in [-0.15, -0.1) is 24.0 Å². The van der Waals surface area contributed by atoms with Crippen molar-refractivity contribution in [3.8, 4) is 0 Å². The lowest BCUT2D eigenvalue weighted by molar-refractivity contribution is -0.127. The van der Waals surface area contributed by atoms with Crippen molar-refractivity contribution in [1.82, 2.24) is 15.5 Å². The fourth-order valence-electron chi connectivity index (χ4n) is 1.16. The van der Waals surface area contributed by atoms with Gasteiger partial charge in [-0.1, -0.05) is 0 Å². The number of halogens is 1. The summed E-state index contributed by atoms with van der Waals surface area (Å²) in [6.45, 7) is 2.47. The lowest BCUT2D eigenvalue weighted by Crippen LogP contribution is -2.40. The maximum atomic E-state index is 11.5. The molecule has 0 aromatic carbocycles. The molecule has 0 aliphatic rings. The van der Waals surface area contributed by atoms with Crippen LogP contribution in [0.3, 0.4) is 0 Å². The Morgan fingerprint density at radius 1 is 1.30 bits per heavy atom. The normalized spacial score (nSPS) is 10.7. The molecule has 0 fully saturated rings. The number of rotatable bonds is 9. The summed E-state index contributed by atoms with van der Waals surface area (Å²) in [7, 11) is 5.14. The molecule has 120 valence electrons. The Bertz CT molecular complexity index is 278. The first-order valence-electron chi connectivity index (χ1n) is 6.32. The van der Waals surface area contributed by atoms with E-state index in [1.807, 2.05) is 0 Å². The molecule has 0 saturated heterocycles. The standard InChI is InChI=1S/C12H26N4O2S.HI/c1-16(2)11(17)10-15-12(14-7-9-19-4)13-6-5-8-18-3;/h5-10H2,1-4H3,(H2,13,14,15);1H. The van der Waals surface area contributed by atoms with Gasteiger partial charge in [0.15, 0.2) is 5.96 Å². The molecule has 0 spiro atoms. The molecule has 0 unspecified atom stereocenters. The number of carbonyl (C=O) groups is 1. The second kappa shape index (κ2) is 15.2. The van der Waals surface area contributed by atoms with Crippen molar-refractivity contribution < 1.29 is 9.53 Å². The first-order chi connectivity index (χ1) is 9.11. The Hall–Kier alpha value is -0.220. The second-order valence-corrected chi connectivity index (χ2v) is 5.13. The first kappa shape index (κ1) is 22.1. The molecule has 0 bridgehead atoms. The molecule has 1 amide bonds. The third-order valence-electron chi connectivity index (χ3n) is 2.29. The summed E-state index contributed by atoms with van der Waals surface area (Å²) in [5.74, 6) is 1.67. The fraction of sp³-hybridized carbons (Fsp3) is 0.833. The number of nitrogens with one attached hydrogen (secondary N) is 2. The number of nitrogens with zero attached hydrogens (tertiary/aromatic N) is 2. The van der Waals surface area contributed by atoms with E-state index >= 15 is 0 Å². The second-order valence-electron chi connectivity index (χ2n) is 4.15. The average Bonchev–Trinajstić information content (AvgIpc) is 2.39. The van der Waals surface area contributed by atoms with Crippen LogP contribution in [0.5, 0.6) is 0 Å². The quantitative estimate of drug-likeness (QED) is 0.249. The lowest BCUT2D eigenvalue weighted by atomic mass is 10.4. The van der Waals surface area contributed by atoms with Crippen LogP contribution in [-0.2, 0) is 9.53 Å². The molecular weight excluding hydrogens is 391 g/mol. The zero-order valence-electron chi connectivity index (χ0n) is 12.8. The van der Waals surface area contributed by atoms with E-state index in [0.717, 1.165) is 25.3 Å². The Balaban J connectivity index is 0. The van der Waals surface area contributed by atoms with Crippen LogP contribution in [0.15, 0.2) is 4.99 Å². The Morgan fingerprint density at radius 2 is 1.95 bits per heavy atom. The van der Waals surface area contributed by atoms with Gasteiger partial charge in [-0.3, -0.25) is 4.79 Å². The van der Waals surface area contributed by atoms with E-state index in [4.69, 9.17) is 4.74 Å². The monoisotopic (exact) mass is 418 g/mol. The number of hydrogen-bond acceptors (Lipinski definition) is 4. The minimum absolute atomic E-state index is 0. The molecule has 0 aromatic heterocycles. The molecule has 0 rings (SSSR count). The number of hydrogen-bond donors (Lipinski definition) is 2. The highest BCUT2D eigenvalue weighted by atomic mass is 127. The number of guanidine groups is 1. The van der Waals surface area contributed by atoms with Gasteiger partial charge >= 0.3 is 0 Å². The zero-order chi connectivity index (χ0) is 14.5. The summed E-state index contributed by atoms with van der Waals surface area (Å²) in [4.78, 5) is 17.3. The van der Waals surface area contributed by atoms with E-state index in [1.165, 1.54) is 4.90 Å². The van der Waals surface area contributed by atoms with Crippen molar-refractivity contribution in [2.75, 3.05) is 59.5 Å². The maximum Gasteiger partial charge on any atom is 0.243 e. The SMILES string of the molecule is COCCCNC(=NCC(=O)N(C)C)NCCSC.I. The van der Waals surface area contributed by atoms with Crippen LogP contribution < -0.4 is 10.6 Å². The van der Waals surface area contributed by atoms with E-state index < -0.39 is 0 Å². The summed E-state index contributed by atoms with van der Waals surface area (Å²) in [5, 5.41) is 6.38. The van der Waals surface area contributed by atoms with Crippen LogP contribution in [0, 0.1) is 0 Å². The Labute approximate surface area is 143 Å². The van der Waals surface area contributed by atoms with E-state index in [-0.39, 0.29) is 36.4 Å². The number of carbonyl (C=O) groups excluding carboxylic acids is 1. The topological polar surface area (TPSA) is 66.0 Å². The van der Waals surface area contributed by atoms with Gasteiger partial charge in [-0.2, -0.15) is 11.8 Å². The number of thioether (sulfide) groups is 1. The lowest BCUT2D eigenvalue weighted by Gasteiger charge is -2.13. The molecule has 6 nitrogen and oxygen atoms in total. The highest BCUT2D eigenvalue weighted by molar-refractivity contribution is 14.0. The highest BCUT2D eigenvalue weighted by Gasteiger charge is 2.03. The largest absolute Gasteiger partial charge is 0.385 e. The minimum atomic E-state index is -0.0112. The van der Waals surface area contributed by atoms with Crippen molar-refractivity contribution >= 4 is 47.6 Å². The maximum absolute atomic E-state index is 11.5. The van der Waals surface area contributed by atoms with E-state index in [9.17, 15) is 4.79 Å². The van der Waals surface area contributed by atoms with Crippen LogP contribution in [0.4, 0.5) is 0 Å². The fourth-order valence-corrected chi connectivity index (χ4v) is 1.46. The van der Waals surface area contributed by atoms with Crippen LogP contribution in [0.1, 0.15) is 6.42 Å². The van der Waals surface area contributed by atoms with E-state index in [0.29, 0.717) is 12.6 Å². The van der Waals surface area contributed by atoms with Crippen molar-refractivity contribution in [3.63, 3.8) is 0 Å². The molecule has 2 N–H and O–H groups in total. The molecule has 0 radical (unpaired) electrons. The van der Waals surface area contributed by atoms with Gasteiger partial charge in [0.1, 0.15) is 6.54 Å². The smallest absolute Gasteiger partial charge is 0.243 e. The summed E-state index contributed by atoms with van der Waals surface area (Å²) < 4.78 is 4.99. The van der Waals surface area contributed by atoms with Gasteiger partial charge in [0, 0.05) is 46.7 Å². The zero-order valence-corrected chi connectivity index (χ0v) is 15.9. The molecular formula is C12H27IN4O2S. The van der Waals surface area contributed by atoms with Crippen LogP contribution in [0.2, 0.25) is 0 Å². The van der Waals surface area contributed by atoms with Gasteiger partial charge in [0.25, 0.3) is 0 Å². The van der Waals surface area contributed by atoms with E-state index in [1.54, 1.807) is 33.0 Å². The molecule has 0 heterocycles. The van der Waals surface area contributed by atoms with Gasteiger partial charge in [0.05, 0.1) is 0 Å².